The van der Waals surface area contributed by atoms with Crippen LogP contribution in [0.4, 0.5) is 9.18 Å². The van der Waals surface area contributed by atoms with Gasteiger partial charge in [-0.2, -0.15) is 0 Å². The van der Waals surface area contributed by atoms with Crippen molar-refractivity contribution in [2.24, 2.45) is 0 Å². The molecule has 0 aromatic heterocycles. The minimum absolute atomic E-state index is 0.0832. The topological polar surface area (TPSA) is 55.8 Å². The Morgan fingerprint density at radius 2 is 1.93 bits per heavy atom. The monoisotopic (exact) mass is 403 g/mol. The van der Waals surface area contributed by atoms with E-state index in [4.69, 9.17) is 9.47 Å². The van der Waals surface area contributed by atoms with Gasteiger partial charge in [-0.1, -0.05) is 43.0 Å². The maximum absolute atomic E-state index is 13.7. The first-order valence-electron chi connectivity index (χ1n) is 9.08. The van der Waals surface area contributed by atoms with Crippen molar-refractivity contribution in [2.45, 2.75) is 31.6 Å². The first-order chi connectivity index (χ1) is 13.5. The molecule has 2 aromatic rings. The Hall–Kier alpha value is -2.54. The number of amides is 2. The number of halogens is 1. The van der Waals surface area contributed by atoms with Crippen molar-refractivity contribution in [3.8, 4) is 11.5 Å². The van der Waals surface area contributed by atoms with Gasteiger partial charge in [0.25, 0.3) is 5.24 Å². The zero-order valence-corrected chi connectivity index (χ0v) is 16.6. The van der Waals surface area contributed by atoms with E-state index in [1.54, 1.807) is 30.3 Å². The lowest BCUT2D eigenvalue weighted by atomic mass is 10.1. The van der Waals surface area contributed by atoms with Crippen LogP contribution in [-0.2, 0) is 17.8 Å². The number of imide groups is 1. The highest BCUT2D eigenvalue weighted by Gasteiger charge is 2.38. The maximum atomic E-state index is 13.7. The number of nitrogens with zero attached hydrogens (tertiary/aromatic N) is 1. The summed E-state index contributed by atoms with van der Waals surface area (Å²) in [7, 11) is 1.52. The van der Waals surface area contributed by atoms with E-state index in [0.717, 1.165) is 23.7 Å². The number of rotatable bonds is 8. The van der Waals surface area contributed by atoms with Crippen molar-refractivity contribution < 1.29 is 23.5 Å². The summed E-state index contributed by atoms with van der Waals surface area (Å²) in [4.78, 5) is 25.7. The zero-order chi connectivity index (χ0) is 20.1. The van der Waals surface area contributed by atoms with Gasteiger partial charge in [-0.25, -0.2) is 4.39 Å². The summed E-state index contributed by atoms with van der Waals surface area (Å²) in [6, 6.07) is 11.8. The van der Waals surface area contributed by atoms with Crippen molar-refractivity contribution >= 4 is 22.9 Å². The summed E-state index contributed by atoms with van der Waals surface area (Å²) in [5.74, 6) is 0.525. The molecule has 1 fully saturated rings. The maximum Gasteiger partial charge on any atom is 0.289 e. The third kappa shape index (κ3) is 4.47. The fraction of sp³-hybridized carbons (Fsp3) is 0.333. The minimum Gasteiger partial charge on any atom is -0.493 e. The van der Waals surface area contributed by atoms with Crippen molar-refractivity contribution in [2.75, 3.05) is 13.7 Å². The summed E-state index contributed by atoms with van der Waals surface area (Å²) in [5.41, 5.74) is 1.32. The van der Waals surface area contributed by atoms with Crippen LogP contribution in [0.2, 0.25) is 0 Å². The van der Waals surface area contributed by atoms with E-state index in [1.807, 2.05) is 13.0 Å². The quantitative estimate of drug-likeness (QED) is 0.653. The molecule has 0 radical (unpaired) electrons. The lowest BCUT2D eigenvalue weighted by Gasteiger charge is -2.14. The average Bonchev–Trinajstić information content (AvgIpc) is 2.95. The fourth-order valence-corrected chi connectivity index (χ4v) is 4.05. The van der Waals surface area contributed by atoms with Gasteiger partial charge in [-0.15, -0.1) is 0 Å². The molecule has 2 aromatic carbocycles. The molecule has 0 unspecified atom stereocenters. The molecule has 0 N–H and O–H groups in total. The highest BCUT2D eigenvalue weighted by molar-refractivity contribution is 8.15. The van der Waals surface area contributed by atoms with Gasteiger partial charge in [-0.3, -0.25) is 14.5 Å². The van der Waals surface area contributed by atoms with Gasteiger partial charge in [0, 0.05) is 12.1 Å². The number of methoxy groups -OCH3 is 1. The second-order valence-electron chi connectivity index (χ2n) is 6.43. The van der Waals surface area contributed by atoms with Gasteiger partial charge in [0.1, 0.15) is 12.4 Å². The zero-order valence-electron chi connectivity index (χ0n) is 15.8. The van der Waals surface area contributed by atoms with E-state index in [1.165, 1.54) is 18.1 Å². The number of hydrogen-bond donors (Lipinski definition) is 0. The average molecular weight is 403 g/mol. The molecule has 1 atom stereocenters. The molecule has 28 heavy (non-hydrogen) atoms. The number of hydrogen-bond acceptors (Lipinski definition) is 5. The SMILES string of the molecule is CCCN1C(=O)S[C@H](Cc2ccc(OCc3ccccc3F)c(OC)c2)C1=O. The van der Waals surface area contributed by atoms with E-state index in [0.29, 0.717) is 30.0 Å². The Morgan fingerprint density at radius 1 is 1.14 bits per heavy atom. The number of carbonyl (C=O) groups is 2. The molecular formula is C21H22FNO4S. The lowest BCUT2D eigenvalue weighted by Crippen LogP contribution is -2.32. The van der Waals surface area contributed by atoms with Crippen LogP contribution >= 0.6 is 11.8 Å². The van der Waals surface area contributed by atoms with Crippen molar-refractivity contribution in [3.05, 3.63) is 59.4 Å². The van der Waals surface area contributed by atoms with Crippen LogP contribution in [0.1, 0.15) is 24.5 Å². The summed E-state index contributed by atoms with van der Waals surface area (Å²) in [5, 5.41) is -0.609. The molecule has 0 aliphatic carbocycles. The van der Waals surface area contributed by atoms with Gasteiger partial charge < -0.3 is 9.47 Å². The van der Waals surface area contributed by atoms with Crippen LogP contribution in [0.5, 0.6) is 11.5 Å². The van der Waals surface area contributed by atoms with Gasteiger partial charge in [0.15, 0.2) is 11.5 Å². The first-order valence-corrected chi connectivity index (χ1v) is 9.96. The van der Waals surface area contributed by atoms with E-state index in [2.05, 4.69) is 0 Å². The summed E-state index contributed by atoms with van der Waals surface area (Å²) < 4.78 is 24.8. The molecule has 1 saturated heterocycles. The van der Waals surface area contributed by atoms with Gasteiger partial charge in [-0.05, 0) is 36.6 Å². The van der Waals surface area contributed by atoms with Gasteiger partial charge in [0.2, 0.25) is 5.91 Å². The highest BCUT2D eigenvalue weighted by Crippen LogP contribution is 2.33. The standard InChI is InChI=1S/C21H22FNO4S/c1-3-10-23-20(24)19(28-21(23)25)12-14-8-9-17(18(11-14)26-2)27-13-15-6-4-5-7-16(15)22/h4-9,11,19H,3,10,12-13H2,1-2H3/t19-/m1/s1. The predicted molar refractivity (Wildman–Crippen MR) is 106 cm³/mol. The fourth-order valence-electron chi connectivity index (χ4n) is 3.00. The van der Waals surface area contributed by atoms with Crippen LogP contribution in [0.15, 0.2) is 42.5 Å². The molecule has 3 rings (SSSR count). The third-order valence-electron chi connectivity index (χ3n) is 4.44. The summed E-state index contributed by atoms with van der Waals surface area (Å²) in [6.45, 7) is 2.47. The van der Waals surface area contributed by atoms with E-state index in [-0.39, 0.29) is 23.6 Å². The van der Waals surface area contributed by atoms with Crippen molar-refractivity contribution in [1.82, 2.24) is 4.90 Å². The van der Waals surface area contributed by atoms with Crippen LogP contribution in [0, 0.1) is 5.82 Å². The normalized spacial score (nSPS) is 16.5. The first kappa shape index (κ1) is 20.2. The van der Waals surface area contributed by atoms with Gasteiger partial charge >= 0.3 is 0 Å². The Kier molecular flexibility index (Phi) is 6.57. The lowest BCUT2D eigenvalue weighted by molar-refractivity contribution is -0.126. The van der Waals surface area contributed by atoms with Crippen molar-refractivity contribution in [3.63, 3.8) is 0 Å². The second-order valence-corrected chi connectivity index (χ2v) is 7.59. The van der Waals surface area contributed by atoms with Crippen molar-refractivity contribution in [1.29, 1.82) is 0 Å². The van der Waals surface area contributed by atoms with E-state index in [9.17, 15) is 14.0 Å². The Labute approximate surface area is 167 Å². The molecule has 0 spiro atoms. The minimum atomic E-state index is -0.422. The molecule has 1 aliphatic rings. The molecular weight excluding hydrogens is 381 g/mol. The molecule has 1 heterocycles. The number of ether oxygens (including phenoxy) is 2. The Morgan fingerprint density at radius 3 is 2.64 bits per heavy atom. The molecule has 2 amide bonds. The summed E-state index contributed by atoms with van der Waals surface area (Å²) in [6.07, 6.45) is 1.17. The Balaban J connectivity index is 1.69. The molecule has 5 nitrogen and oxygen atoms in total. The number of benzene rings is 2. The van der Waals surface area contributed by atoms with Crippen LogP contribution in [0.25, 0.3) is 0 Å². The molecule has 7 heteroatoms. The third-order valence-corrected chi connectivity index (χ3v) is 5.52. The van der Waals surface area contributed by atoms with Crippen LogP contribution in [0.3, 0.4) is 0 Å². The number of thioether (sulfide) groups is 1. The second kappa shape index (κ2) is 9.10. The van der Waals surface area contributed by atoms with Gasteiger partial charge in [0.05, 0.1) is 12.4 Å². The number of carbonyl (C=O) groups excluding carboxylic acids is 2. The van der Waals surface area contributed by atoms with E-state index < -0.39 is 5.25 Å². The molecule has 0 bridgehead atoms. The highest BCUT2D eigenvalue weighted by atomic mass is 32.2. The van der Waals surface area contributed by atoms with Crippen LogP contribution in [-0.4, -0.2) is 35.0 Å². The molecule has 0 saturated carbocycles. The Bertz CT molecular complexity index is 873. The molecule has 148 valence electrons. The smallest absolute Gasteiger partial charge is 0.289 e. The summed E-state index contributed by atoms with van der Waals surface area (Å²) >= 11 is 1.07. The van der Waals surface area contributed by atoms with E-state index >= 15 is 0 Å². The van der Waals surface area contributed by atoms with Crippen LogP contribution < -0.4 is 9.47 Å². The largest absolute Gasteiger partial charge is 0.493 e. The molecule has 1 aliphatic heterocycles. The predicted octanol–water partition coefficient (Wildman–Crippen LogP) is 4.43.